The van der Waals surface area contributed by atoms with E-state index in [-0.39, 0.29) is 11.3 Å². The van der Waals surface area contributed by atoms with Crippen molar-refractivity contribution in [2.45, 2.75) is 19.6 Å². The first-order chi connectivity index (χ1) is 14.5. The zero-order valence-electron chi connectivity index (χ0n) is 15.3. The predicted octanol–water partition coefficient (Wildman–Crippen LogP) is 4.99. The number of hydrogen-bond acceptors (Lipinski definition) is 6. The van der Waals surface area contributed by atoms with Crippen molar-refractivity contribution in [3.8, 4) is 17.3 Å². The molecule has 0 saturated carbocycles. The average molecular weight is 438 g/mol. The van der Waals surface area contributed by atoms with E-state index in [4.69, 9.17) is 20.8 Å². The van der Waals surface area contributed by atoms with E-state index < -0.39 is 19.7 Å². The molecule has 0 unspecified atom stereocenters. The predicted molar refractivity (Wildman–Crippen MR) is 104 cm³/mol. The van der Waals surface area contributed by atoms with Gasteiger partial charge in [-0.05, 0) is 52.4 Å². The molecule has 0 amide bonds. The second kappa shape index (κ2) is 8.62. The van der Waals surface area contributed by atoms with Gasteiger partial charge >= 0.3 is 0 Å². The fourth-order valence-corrected chi connectivity index (χ4v) is 3.14. The molecule has 0 saturated heterocycles. The van der Waals surface area contributed by atoms with E-state index in [9.17, 15) is 13.2 Å². The van der Waals surface area contributed by atoms with Crippen molar-refractivity contribution >= 4 is 28.3 Å². The van der Waals surface area contributed by atoms with Crippen LogP contribution in [0.2, 0.25) is 5.02 Å². The highest BCUT2D eigenvalue weighted by atomic mass is 35.5. The lowest BCUT2D eigenvalue weighted by Gasteiger charge is -2.13. The number of fused-ring (bicyclic) bond motifs is 1. The number of halogens is 4. The monoisotopic (exact) mass is 437 g/mol. The number of tetrazole rings is 1. The summed E-state index contributed by atoms with van der Waals surface area (Å²) >= 11 is 6.38. The van der Waals surface area contributed by atoms with Gasteiger partial charge in [-0.15, -0.1) is 5.10 Å². The minimum Gasteiger partial charge on any atom is -0.487 e. The number of H-pyrrole nitrogens is 1. The minimum atomic E-state index is -2.63. The summed E-state index contributed by atoms with van der Waals surface area (Å²) in [7, 11) is 0. The topological polar surface area (TPSA) is 88.9 Å². The van der Waals surface area contributed by atoms with Crippen molar-refractivity contribution in [3.63, 3.8) is 0 Å². The first-order valence-electron chi connectivity index (χ1n) is 8.83. The Hall–Kier alpha value is -3.27. The average Bonchev–Trinajstić information content (AvgIpc) is 3.40. The second-order valence-corrected chi connectivity index (χ2v) is 6.76. The van der Waals surface area contributed by atoms with Gasteiger partial charge < -0.3 is 14.5 Å². The molecule has 2 N–H and O–H groups in total. The van der Waals surface area contributed by atoms with Crippen LogP contribution in [-0.4, -0.2) is 33.7 Å². The number of furan rings is 1. The van der Waals surface area contributed by atoms with Crippen molar-refractivity contribution in [2.75, 3.05) is 11.9 Å². The van der Waals surface area contributed by atoms with Crippen molar-refractivity contribution < 1.29 is 22.3 Å². The van der Waals surface area contributed by atoms with E-state index in [0.717, 1.165) is 10.9 Å². The van der Waals surface area contributed by atoms with Crippen molar-refractivity contribution in [2.24, 2.45) is 0 Å². The number of rotatable bonds is 8. The molecular formula is C19H15ClF3N5O2. The van der Waals surface area contributed by atoms with Gasteiger partial charge in [-0.1, -0.05) is 11.6 Å². The number of aromatic amines is 1. The van der Waals surface area contributed by atoms with E-state index in [1.54, 1.807) is 24.3 Å². The minimum absolute atomic E-state index is 0.0906. The van der Waals surface area contributed by atoms with Crippen LogP contribution >= 0.6 is 11.6 Å². The Morgan fingerprint density at radius 1 is 1.17 bits per heavy atom. The van der Waals surface area contributed by atoms with E-state index in [0.29, 0.717) is 34.4 Å². The van der Waals surface area contributed by atoms with Crippen LogP contribution in [0.1, 0.15) is 11.1 Å². The normalized spacial score (nSPS) is 11.4. The lowest BCUT2D eigenvalue weighted by Crippen LogP contribution is -2.08. The highest BCUT2D eigenvalue weighted by molar-refractivity contribution is 6.32. The summed E-state index contributed by atoms with van der Waals surface area (Å²) in [4.78, 5) is 0. The Bertz CT molecular complexity index is 1150. The zero-order valence-corrected chi connectivity index (χ0v) is 16.1. The molecule has 7 nitrogen and oxygen atoms in total. The summed E-state index contributed by atoms with van der Waals surface area (Å²) in [5.74, 6) is 0.964. The molecule has 2 aromatic carbocycles. The largest absolute Gasteiger partial charge is 0.487 e. The Kier molecular flexibility index (Phi) is 5.75. The fraction of sp³-hybridized carbons (Fsp3) is 0.211. The Morgan fingerprint density at radius 3 is 2.77 bits per heavy atom. The lowest BCUT2D eigenvalue weighted by atomic mass is 10.1. The number of aromatic nitrogens is 4. The quantitative estimate of drug-likeness (QED) is 0.403. The summed E-state index contributed by atoms with van der Waals surface area (Å²) in [6, 6.07) is 9.90. The molecule has 30 heavy (non-hydrogen) atoms. The third-order valence-electron chi connectivity index (χ3n) is 4.32. The number of anilines is 1. The van der Waals surface area contributed by atoms with Crippen molar-refractivity contribution in [1.82, 2.24) is 20.6 Å². The van der Waals surface area contributed by atoms with Crippen LogP contribution in [0.15, 0.2) is 40.8 Å². The molecule has 0 radical (unpaired) electrons. The van der Waals surface area contributed by atoms with Crippen LogP contribution in [0.5, 0.6) is 5.75 Å². The molecule has 11 heteroatoms. The maximum atomic E-state index is 13.3. The Morgan fingerprint density at radius 2 is 2.03 bits per heavy atom. The smallest absolute Gasteiger partial charge is 0.272 e. The summed E-state index contributed by atoms with van der Waals surface area (Å²) in [6.07, 6.45) is -2.63. The van der Waals surface area contributed by atoms with Crippen LogP contribution in [0.25, 0.3) is 22.6 Å². The first-order valence-corrected chi connectivity index (χ1v) is 9.21. The molecule has 4 rings (SSSR count). The number of ether oxygens (including phenoxy) is 1. The number of benzene rings is 2. The van der Waals surface area contributed by atoms with Gasteiger partial charge in [-0.3, -0.25) is 0 Å². The van der Waals surface area contributed by atoms with Gasteiger partial charge in [-0.2, -0.15) is 0 Å². The molecule has 0 atom stereocenters. The molecule has 156 valence electrons. The molecule has 4 aromatic rings. The van der Waals surface area contributed by atoms with Crippen LogP contribution < -0.4 is 10.1 Å². The number of hydrogen-bond donors (Lipinski definition) is 2. The maximum absolute atomic E-state index is 13.3. The number of nitrogens with one attached hydrogen (secondary N) is 2. The molecule has 0 aliphatic heterocycles. The third-order valence-corrected chi connectivity index (χ3v) is 4.67. The summed E-state index contributed by atoms with van der Waals surface area (Å²) in [6.45, 7) is -1.30. The van der Waals surface area contributed by atoms with Crippen LogP contribution in [0, 0.1) is 0 Å². The van der Waals surface area contributed by atoms with Crippen LogP contribution in [-0.2, 0) is 13.2 Å². The molecule has 0 aliphatic carbocycles. The van der Waals surface area contributed by atoms with Gasteiger partial charge in [0.05, 0.1) is 0 Å². The standard InChI is InChI=1S/C19H15ClF3N5O2/c20-14-4-10-5-17(19-25-27-28-26-19)30-16(10)6-12(14)8-24-13-1-2-15(11(3-13)7-21)29-9-18(22)23/h1-6,18,24H,7-9H2,(H,25,26,27,28). The van der Waals surface area contributed by atoms with Gasteiger partial charge in [0.2, 0.25) is 5.82 Å². The van der Waals surface area contributed by atoms with Crippen molar-refractivity contribution in [1.29, 1.82) is 0 Å². The van der Waals surface area contributed by atoms with E-state index in [2.05, 4.69) is 25.9 Å². The number of nitrogens with zero attached hydrogens (tertiary/aromatic N) is 3. The van der Waals surface area contributed by atoms with Crippen LogP contribution in [0.4, 0.5) is 18.9 Å². The number of alkyl halides is 3. The van der Waals surface area contributed by atoms with Gasteiger partial charge in [-0.25, -0.2) is 18.3 Å². The molecular weight excluding hydrogens is 423 g/mol. The molecule has 2 heterocycles. The maximum Gasteiger partial charge on any atom is 0.272 e. The molecule has 0 fully saturated rings. The third kappa shape index (κ3) is 4.33. The zero-order chi connectivity index (χ0) is 21.1. The van der Waals surface area contributed by atoms with Gasteiger partial charge in [0.15, 0.2) is 5.76 Å². The van der Waals surface area contributed by atoms with Crippen LogP contribution in [0.3, 0.4) is 0 Å². The summed E-state index contributed by atoms with van der Waals surface area (Å²) in [5, 5.41) is 17.9. The van der Waals surface area contributed by atoms with Gasteiger partial charge in [0.25, 0.3) is 6.43 Å². The highest BCUT2D eigenvalue weighted by Crippen LogP contribution is 2.31. The van der Waals surface area contributed by atoms with Crippen molar-refractivity contribution in [3.05, 3.63) is 52.5 Å². The molecule has 2 aromatic heterocycles. The Labute approximate surface area is 173 Å². The highest BCUT2D eigenvalue weighted by Gasteiger charge is 2.13. The fourth-order valence-electron chi connectivity index (χ4n) is 2.90. The molecule has 0 aliphatic rings. The SMILES string of the molecule is FCc1cc(NCc2cc3oc(-c4nnn[nH]4)cc3cc2Cl)ccc1OCC(F)F. The second-order valence-electron chi connectivity index (χ2n) is 6.35. The molecule has 0 bridgehead atoms. The molecule has 0 spiro atoms. The summed E-state index contributed by atoms with van der Waals surface area (Å²) in [5.41, 5.74) is 2.12. The van der Waals surface area contributed by atoms with E-state index in [1.165, 1.54) is 12.1 Å². The van der Waals surface area contributed by atoms with Gasteiger partial charge in [0.1, 0.15) is 24.6 Å². The lowest BCUT2D eigenvalue weighted by molar-refractivity contribution is 0.0811. The van der Waals surface area contributed by atoms with E-state index in [1.807, 2.05) is 0 Å². The summed E-state index contributed by atoms with van der Waals surface area (Å²) < 4.78 is 48.6. The first kappa shape index (κ1) is 20.0. The van der Waals surface area contributed by atoms with Gasteiger partial charge in [0, 0.05) is 28.2 Å². The van der Waals surface area contributed by atoms with E-state index >= 15 is 0 Å². The Balaban J connectivity index is 1.51.